The summed E-state index contributed by atoms with van der Waals surface area (Å²) >= 11 is 0. The van der Waals surface area contributed by atoms with Crippen molar-refractivity contribution in [3.8, 4) is 5.75 Å². The van der Waals surface area contributed by atoms with E-state index in [9.17, 15) is 4.79 Å². The van der Waals surface area contributed by atoms with Gasteiger partial charge in [-0.3, -0.25) is 4.79 Å². The number of rotatable bonds is 10. The van der Waals surface area contributed by atoms with Gasteiger partial charge in [-0.05, 0) is 62.8 Å². The van der Waals surface area contributed by atoms with Crippen LogP contribution in [-0.2, 0) is 11.3 Å². The zero-order valence-electron chi connectivity index (χ0n) is 15.2. The molecule has 2 rings (SSSR count). The monoisotopic (exact) mass is 368 g/mol. The molecule has 0 bridgehead atoms. The minimum Gasteiger partial charge on any atom is -0.490 e. The molecule has 1 aliphatic rings. The van der Waals surface area contributed by atoms with E-state index in [-0.39, 0.29) is 18.3 Å². The first-order valence-electron chi connectivity index (χ1n) is 9.50. The van der Waals surface area contributed by atoms with Crippen LogP contribution in [-0.4, -0.2) is 18.6 Å². The fourth-order valence-electron chi connectivity index (χ4n) is 3.13. The molecule has 0 aliphatic heterocycles. The Kier molecular flexibility index (Phi) is 11.3. The van der Waals surface area contributed by atoms with Crippen molar-refractivity contribution in [1.82, 2.24) is 5.32 Å². The summed E-state index contributed by atoms with van der Waals surface area (Å²) in [7, 11) is 0. The number of carbonyl (C=O) groups is 1. The van der Waals surface area contributed by atoms with Crippen LogP contribution in [0.5, 0.6) is 5.75 Å². The highest BCUT2D eigenvalue weighted by molar-refractivity contribution is 5.85. The standard InChI is InChI=1S/C20H32N2O2.ClH/c21-15-7-2-1-6-10-20(23)22-16-17-11-13-19(14-12-17)24-18-8-4-3-5-9-18;/h11-14,18H,1-10,15-16,21H2,(H,22,23);1H. The lowest BCUT2D eigenvalue weighted by Gasteiger charge is -2.23. The molecule has 3 N–H and O–H groups in total. The lowest BCUT2D eigenvalue weighted by atomic mass is 9.98. The van der Waals surface area contributed by atoms with Crippen LogP contribution >= 0.6 is 12.4 Å². The van der Waals surface area contributed by atoms with Gasteiger partial charge in [0.25, 0.3) is 0 Å². The molecular weight excluding hydrogens is 336 g/mol. The van der Waals surface area contributed by atoms with E-state index in [1.165, 1.54) is 32.1 Å². The van der Waals surface area contributed by atoms with Crippen LogP contribution in [0.15, 0.2) is 24.3 Å². The molecule has 1 aromatic carbocycles. The first-order valence-corrected chi connectivity index (χ1v) is 9.50. The van der Waals surface area contributed by atoms with Crippen LogP contribution < -0.4 is 15.8 Å². The number of halogens is 1. The summed E-state index contributed by atoms with van der Waals surface area (Å²) < 4.78 is 6.02. The van der Waals surface area contributed by atoms with Crippen LogP contribution in [0.4, 0.5) is 0 Å². The molecule has 1 fully saturated rings. The second kappa shape index (κ2) is 13.0. The molecule has 4 nitrogen and oxygen atoms in total. The maximum absolute atomic E-state index is 11.8. The van der Waals surface area contributed by atoms with Gasteiger partial charge in [-0.1, -0.05) is 31.4 Å². The molecule has 0 unspecified atom stereocenters. The van der Waals surface area contributed by atoms with E-state index in [1.807, 2.05) is 24.3 Å². The predicted octanol–water partition coefficient (Wildman–Crippen LogP) is 4.35. The fourth-order valence-corrected chi connectivity index (χ4v) is 3.13. The average molecular weight is 369 g/mol. The highest BCUT2D eigenvalue weighted by Crippen LogP contribution is 2.23. The molecule has 142 valence electrons. The van der Waals surface area contributed by atoms with Crippen molar-refractivity contribution in [1.29, 1.82) is 0 Å². The molecule has 1 aromatic rings. The van der Waals surface area contributed by atoms with Crippen molar-refractivity contribution in [2.24, 2.45) is 5.73 Å². The Balaban J connectivity index is 0.00000312. The second-order valence-corrected chi connectivity index (χ2v) is 6.75. The number of hydrogen-bond donors (Lipinski definition) is 2. The molecular formula is C20H33ClN2O2. The van der Waals surface area contributed by atoms with E-state index in [2.05, 4.69) is 5.32 Å². The van der Waals surface area contributed by atoms with Crippen LogP contribution in [0.3, 0.4) is 0 Å². The quantitative estimate of drug-likeness (QED) is 0.603. The largest absolute Gasteiger partial charge is 0.490 e. The predicted molar refractivity (Wildman–Crippen MR) is 105 cm³/mol. The van der Waals surface area contributed by atoms with E-state index in [4.69, 9.17) is 10.5 Å². The zero-order valence-corrected chi connectivity index (χ0v) is 16.0. The molecule has 0 heterocycles. The normalized spacial score (nSPS) is 14.6. The van der Waals surface area contributed by atoms with Gasteiger partial charge in [0.15, 0.2) is 0 Å². The third-order valence-corrected chi connectivity index (χ3v) is 4.63. The molecule has 5 heteroatoms. The second-order valence-electron chi connectivity index (χ2n) is 6.75. The third kappa shape index (κ3) is 9.13. The van der Waals surface area contributed by atoms with Crippen molar-refractivity contribution in [2.75, 3.05) is 6.54 Å². The highest BCUT2D eigenvalue weighted by atomic mass is 35.5. The smallest absolute Gasteiger partial charge is 0.220 e. The Morgan fingerprint density at radius 3 is 2.40 bits per heavy atom. The summed E-state index contributed by atoms with van der Waals surface area (Å²) in [4.78, 5) is 11.8. The van der Waals surface area contributed by atoms with Crippen LogP contribution in [0.25, 0.3) is 0 Å². The summed E-state index contributed by atoms with van der Waals surface area (Å²) in [5, 5.41) is 2.99. The maximum Gasteiger partial charge on any atom is 0.220 e. The van der Waals surface area contributed by atoms with E-state index < -0.39 is 0 Å². The number of amides is 1. The van der Waals surface area contributed by atoms with Gasteiger partial charge < -0.3 is 15.8 Å². The Bertz CT molecular complexity index is 473. The van der Waals surface area contributed by atoms with Gasteiger partial charge in [0.05, 0.1) is 6.10 Å². The van der Waals surface area contributed by atoms with Crippen molar-refractivity contribution in [3.05, 3.63) is 29.8 Å². The first kappa shape index (κ1) is 21.8. The van der Waals surface area contributed by atoms with Crippen LogP contribution in [0.1, 0.15) is 69.8 Å². The van der Waals surface area contributed by atoms with Gasteiger partial charge >= 0.3 is 0 Å². The van der Waals surface area contributed by atoms with E-state index in [0.717, 1.165) is 43.5 Å². The molecule has 0 saturated heterocycles. The van der Waals surface area contributed by atoms with E-state index >= 15 is 0 Å². The molecule has 0 atom stereocenters. The molecule has 0 spiro atoms. The number of hydrogen-bond acceptors (Lipinski definition) is 3. The summed E-state index contributed by atoms with van der Waals surface area (Å²) in [5.74, 6) is 1.07. The van der Waals surface area contributed by atoms with Crippen molar-refractivity contribution in [3.63, 3.8) is 0 Å². The molecule has 25 heavy (non-hydrogen) atoms. The summed E-state index contributed by atoms with van der Waals surface area (Å²) in [6.07, 6.45) is 11.4. The number of unbranched alkanes of at least 4 members (excludes halogenated alkanes) is 3. The third-order valence-electron chi connectivity index (χ3n) is 4.63. The Morgan fingerprint density at radius 1 is 1.04 bits per heavy atom. The minimum atomic E-state index is 0. The zero-order chi connectivity index (χ0) is 17.0. The number of benzene rings is 1. The van der Waals surface area contributed by atoms with Gasteiger partial charge in [-0.15, -0.1) is 12.4 Å². The van der Waals surface area contributed by atoms with Gasteiger partial charge in [0, 0.05) is 13.0 Å². The van der Waals surface area contributed by atoms with E-state index in [1.54, 1.807) is 0 Å². The van der Waals surface area contributed by atoms with Crippen molar-refractivity contribution >= 4 is 18.3 Å². The molecule has 1 amide bonds. The lowest BCUT2D eigenvalue weighted by Crippen LogP contribution is -2.22. The van der Waals surface area contributed by atoms with Crippen molar-refractivity contribution < 1.29 is 9.53 Å². The summed E-state index contributed by atoms with van der Waals surface area (Å²) in [6, 6.07) is 8.12. The average Bonchev–Trinajstić information content (AvgIpc) is 2.62. The Hall–Kier alpha value is -1.26. The lowest BCUT2D eigenvalue weighted by molar-refractivity contribution is -0.121. The first-order chi connectivity index (χ1) is 11.8. The summed E-state index contributed by atoms with van der Waals surface area (Å²) in [6.45, 7) is 1.33. The molecule has 1 aliphatic carbocycles. The minimum absolute atomic E-state index is 0. The van der Waals surface area contributed by atoms with Crippen molar-refractivity contribution in [2.45, 2.75) is 76.9 Å². The SMILES string of the molecule is Cl.NCCCCCCC(=O)NCc1ccc(OC2CCCCC2)cc1. The van der Waals surface area contributed by atoms with Crippen LogP contribution in [0, 0.1) is 0 Å². The fraction of sp³-hybridized carbons (Fsp3) is 0.650. The number of nitrogens with one attached hydrogen (secondary N) is 1. The van der Waals surface area contributed by atoms with Gasteiger partial charge in [0.2, 0.25) is 5.91 Å². The highest BCUT2D eigenvalue weighted by Gasteiger charge is 2.14. The van der Waals surface area contributed by atoms with E-state index in [0.29, 0.717) is 19.1 Å². The molecule has 0 radical (unpaired) electrons. The Labute approximate surface area is 158 Å². The molecule has 1 saturated carbocycles. The Morgan fingerprint density at radius 2 is 1.72 bits per heavy atom. The maximum atomic E-state index is 11.8. The van der Waals surface area contributed by atoms with Gasteiger partial charge in [-0.2, -0.15) is 0 Å². The van der Waals surface area contributed by atoms with Crippen LogP contribution in [0.2, 0.25) is 0 Å². The topological polar surface area (TPSA) is 64.4 Å². The number of ether oxygens (including phenoxy) is 1. The number of nitrogens with two attached hydrogens (primary N) is 1. The molecule has 0 aromatic heterocycles. The number of carbonyl (C=O) groups excluding carboxylic acids is 1. The van der Waals surface area contributed by atoms with Gasteiger partial charge in [-0.25, -0.2) is 0 Å². The van der Waals surface area contributed by atoms with Gasteiger partial charge in [0.1, 0.15) is 5.75 Å². The summed E-state index contributed by atoms with van der Waals surface area (Å²) in [5.41, 5.74) is 6.57.